The van der Waals surface area contributed by atoms with Gasteiger partial charge in [-0.05, 0) is 53.8 Å². The van der Waals surface area contributed by atoms with Crippen LogP contribution < -0.4 is 0 Å². The Balaban J connectivity index is 2.13. The zero-order chi connectivity index (χ0) is 14.0. The number of aryl methyl sites for hydroxylation is 1. The first-order chi connectivity index (χ1) is 8.97. The average molecular weight is 279 g/mol. The molecular weight excluding hydrogens is 262 g/mol. The lowest BCUT2D eigenvalue weighted by Gasteiger charge is -2.11. The van der Waals surface area contributed by atoms with Crippen molar-refractivity contribution in [3.05, 3.63) is 29.3 Å². The Labute approximate surface area is 116 Å². The molecule has 1 aliphatic rings. The highest BCUT2D eigenvalue weighted by Crippen LogP contribution is 2.37. The number of carbonyl (C=O) groups is 2. The average Bonchev–Trinajstić information content (AvgIpc) is 2.71. The van der Waals surface area contributed by atoms with Gasteiger partial charge in [0.15, 0.2) is 0 Å². The lowest BCUT2D eigenvalue weighted by Crippen LogP contribution is -2.16. The van der Waals surface area contributed by atoms with Crippen LogP contribution in [0, 0.1) is 0 Å². The van der Waals surface area contributed by atoms with Crippen molar-refractivity contribution in [2.24, 2.45) is 0 Å². The van der Waals surface area contributed by atoms with Crippen LogP contribution in [0.15, 0.2) is 23.1 Å². The van der Waals surface area contributed by atoms with E-state index in [9.17, 15) is 9.59 Å². The summed E-state index contributed by atoms with van der Waals surface area (Å²) in [5.41, 5.74) is 2.31. The molecule has 0 spiro atoms. The Morgan fingerprint density at radius 2 is 2.16 bits per heavy atom. The number of amides is 1. The molecule has 0 aliphatic heterocycles. The number of hydrogen-bond acceptors (Lipinski definition) is 3. The van der Waals surface area contributed by atoms with Crippen LogP contribution >= 0.6 is 11.8 Å². The number of carboxylic acids is 1. The van der Waals surface area contributed by atoms with Gasteiger partial charge >= 0.3 is 5.97 Å². The van der Waals surface area contributed by atoms with E-state index in [1.54, 1.807) is 19.0 Å². The van der Waals surface area contributed by atoms with Crippen LogP contribution in [-0.4, -0.2) is 35.3 Å². The van der Waals surface area contributed by atoms with Gasteiger partial charge in [0.25, 0.3) is 5.24 Å². The molecular formula is C14H17NO3S. The van der Waals surface area contributed by atoms with Crippen molar-refractivity contribution in [1.82, 2.24) is 4.90 Å². The molecule has 1 aliphatic carbocycles. The Bertz CT molecular complexity index is 513. The molecule has 0 heterocycles. The molecule has 19 heavy (non-hydrogen) atoms. The Morgan fingerprint density at radius 1 is 1.42 bits per heavy atom. The molecule has 0 bridgehead atoms. The number of nitrogens with zero attached hydrogens (tertiary/aromatic N) is 1. The summed E-state index contributed by atoms with van der Waals surface area (Å²) < 4.78 is 0. The smallest absolute Gasteiger partial charge is 0.303 e. The molecule has 1 amide bonds. The van der Waals surface area contributed by atoms with Crippen molar-refractivity contribution in [3.8, 4) is 0 Å². The van der Waals surface area contributed by atoms with Crippen LogP contribution in [-0.2, 0) is 11.2 Å². The molecule has 1 aromatic rings. The van der Waals surface area contributed by atoms with Crippen LogP contribution in [0.2, 0.25) is 0 Å². The maximum absolute atomic E-state index is 11.6. The van der Waals surface area contributed by atoms with Gasteiger partial charge in [-0.2, -0.15) is 0 Å². The van der Waals surface area contributed by atoms with E-state index in [0.29, 0.717) is 0 Å². The number of carboxylic acid groups (broad SMARTS) is 1. The summed E-state index contributed by atoms with van der Waals surface area (Å²) in [7, 11) is 3.46. The highest BCUT2D eigenvalue weighted by molar-refractivity contribution is 8.13. The van der Waals surface area contributed by atoms with Gasteiger partial charge in [0.1, 0.15) is 0 Å². The SMILES string of the molecule is CN(C)C(=O)Sc1ccc2c(c1)CC[C@H]2CC(=O)O. The van der Waals surface area contributed by atoms with Crippen LogP contribution in [0.25, 0.3) is 0 Å². The van der Waals surface area contributed by atoms with E-state index >= 15 is 0 Å². The summed E-state index contributed by atoms with van der Waals surface area (Å²) in [5.74, 6) is -0.629. The van der Waals surface area contributed by atoms with Crippen LogP contribution in [0.5, 0.6) is 0 Å². The van der Waals surface area contributed by atoms with Gasteiger partial charge in [-0.1, -0.05) is 6.07 Å². The lowest BCUT2D eigenvalue weighted by molar-refractivity contribution is -0.137. The van der Waals surface area contributed by atoms with Gasteiger partial charge in [-0.15, -0.1) is 0 Å². The van der Waals surface area contributed by atoms with Crippen molar-refractivity contribution < 1.29 is 14.7 Å². The molecule has 1 atom stereocenters. The standard InChI is InChI=1S/C14H17NO3S/c1-15(2)14(18)19-11-5-6-12-9(7-11)3-4-10(12)8-13(16)17/h5-7,10H,3-4,8H2,1-2H3,(H,16,17)/t10-/m0/s1. The molecule has 0 fully saturated rings. The topological polar surface area (TPSA) is 57.6 Å². The second kappa shape index (κ2) is 5.65. The molecule has 5 heteroatoms. The van der Waals surface area contributed by atoms with E-state index in [4.69, 9.17) is 5.11 Å². The summed E-state index contributed by atoms with van der Waals surface area (Å²) >= 11 is 1.20. The quantitative estimate of drug-likeness (QED) is 0.864. The number of rotatable bonds is 3. The van der Waals surface area contributed by atoms with Gasteiger partial charge in [-0.3, -0.25) is 9.59 Å². The maximum atomic E-state index is 11.6. The van der Waals surface area contributed by atoms with Crippen LogP contribution in [0.1, 0.15) is 29.9 Å². The van der Waals surface area contributed by atoms with E-state index < -0.39 is 5.97 Å². The molecule has 0 radical (unpaired) electrons. The predicted octanol–water partition coefficient (Wildman–Crippen LogP) is 2.96. The third-order valence-electron chi connectivity index (χ3n) is 3.31. The van der Waals surface area contributed by atoms with Gasteiger partial charge in [0.05, 0.1) is 6.42 Å². The first-order valence-corrected chi connectivity index (χ1v) is 7.02. The second-order valence-electron chi connectivity index (χ2n) is 4.96. The summed E-state index contributed by atoms with van der Waals surface area (Å²) in [5, 5.41) is 8.88. The zero-order valence-corrected chi connectivity index (χ0v) is 11.9. The van der Waals surface area contributed by atoms with E-state index in [-0.39, 0.29) is 17.6 Å². The fourth-order valence-corrected chi connectivity index (χ4v) is 3.08. The van der Waals surface area contributed by atoms with Crippen LogP contribution in [0.4, 0.5) is 4.79 Å². The summed E-state index contributed by atoms with van der Waals surface area (Å²) in [6.07, 6.45) is 1.98. The number of carbonyl (C=O) groups excluding carboxylic acids is 1. The number of aliphatic carboxylic acids is 1. The normalized spacial score (nSPS) is 17.1. The fourth-order valence-electron chi connectivity index (χ4n) is 2.36. The number of hydrogen-bond donors (Lipinski definition) is 1. The summed E-state index contributed by atoms with van der Waals surface area (Å²) in [4.78, 5) is 24.9. The lowest BCUT2D eigenvalue weighted by atomic mass is 9.98. The first kappa shape index (κ1) is 13.9. The third-order valence-corrected chi connectivity index (χ3v) is 4.34. The Hall–Kier alpha value is -1.49. The van der Waals surface area contributed by atoms with E-state index in [0.717, 1.165) is 23.3 Å². The zero-order valence-electron chi connectivity index (χ0n) is 11.0. The number of thioether (sulfide) groups is 1. The fraction of sp³-hybridized carbons (Fsp3) is 0.429. The molecule has 0 unspecified atom stereocenters. The molecule has 102 valence electrons. The van der Waals surface area contributed by atoms with E-state index in [2.05, 4.69) is 0 Å². The Kier molecular flexibility index (Phi) is 4.14. The number of benzene rings is 1. The largest absolute Gasteiger partial charge is 0.481 e. The minimum absolute atomic E-state index is 0.0000305. The van der Waals surface area contributed by atoms with E-state index in [1.165, 1.54) is 17.3 Å². The highest BCUT2D eigenvalue weighted by Gasteiger charge is 2.25. The molecule has 4 nitrogen and oxygen atoms in total. The van der Waals surface area contributed by atoms with Crippen molar-refractivity contribution in [2.75, 3.05) is 14.1 Å². The van der Waals surface area contributed by atoms with Gasteiger partial charge in [0, 0.05) is 19.0 Å². The van der Waals surface area contributed by atoms with Gasteiger partial charge in [-0.25, -0.2) is 0 Å². The maximum Gasteiger partial charge on any atom is 0.303 e. The van der Waals surface area contributed by atoms with Crippen molar-refractivity contribution in [3.63, 3.8) is 0 Å². The van der Waals surface area contributed by atoms with Gasteiger partial charge in [0.2, 0.25) is 0 Å². The Morgan fingerprint density at radius 3 is 2.79 bits per heavy atom. The molecule has 0 saturated heterocycles. The minimum atomic E-state index is -0.751. The molecule has 2 rings (SSSR count). The molecule has 1 N–H and O–H groups in total. The molecule has 0 saturated carbocycles. The van der Waals surface area contributed by atoms with Gasteiger partial charge < -0.3 is 10.0 Å². The van der Waals surface area contributed by atoms with E-state index in [1.807, 2.05) is 18.2 Å². The second-order valence-corrected chi connectivity index (χ2v) is 5.98. The third kappa shape index (κ3) is 3.29. The monoisotopic (exact) mass is 279 g/mol. The highest BCUT2D eigenvalue weighted by atomic mass is 32.2. The van der Waals surface area contributed by atoms with Crippen LogP contribution in [0.3, 0.4) is 0 Å². The van der Waals surface area contributed by atoms with Crippen molar-refractivity contribution in [2.45, 2.75) is 30.1 Å². The predicted molar refractivity (Wildman–Crippen MR) is 74.7 cm³/mol. The number of fused-ring (bicyclic) bond motifs is 1. The summed E-state index contributed by atoms with van der Waals surface area (Å²) in [6.45, 7) is 0. The summed E-state index contributed by atoms with van der Waals surface area (Å²) in [6, 6.07) is 5.90. The van der Waals surface area contributed by atoms with Crippen molar-refractivity contribution >= 4 is 23.0 Å². The molecule has 1 aromatic carbocycles. The minimum Gasteiger partial charge on any atom is -0.481 e. The van der Waals surface area contributed by atoms with Crippen molar-refractivity contribution in [1.29, 1.82) is 0 Å². The molecule has 0 aromatic heterocycles. The first-order valence-electron chi connectivity index (χ1n) is 6.21.